The molecular formula is C17H19F4N3O3. The fourth-order valence-corrected chi connectivity index (χ4v) is 2.44. The monoisotopic (exact) mass is 389 g/mol. The number of hydrogen-bond acceptors (Lipinski definition) is 4. The van der Waals surface area contributed by atoms with Crippen LogP contribution in [0.1, 0.15) is 29.8 Å². The number of rotatable bonds is 9. The highest BCUT2D eigenvalue weighted by Gasteiger charge is 2.22. The summed E-state index contributed by atoms with van der Waals surface area (Å²) in [6.07, 6.45) is -5.55. The molecule has 0 unspecified atom stereocenters. The van der Waals surface area contributed by atoms with Gasteiger partial charge in [0.25, 0.3) is 12.9 Å². The van der Waals surface area contributed by atoms with Crippen molar-refractivity contribution in [2.75, 3.05) is 20.8 Å². The smallest absolute Gasteiger partial charge is 0.282 e. The van der Waals surface area contributed by atoms with Gasteiger partial charge in [-0.25, -0.2) is 17.6 Å². The second kappa shape index (κ2) is 9.24. The number of hydrogen-bond donors (Lipinski definition) is 1. The first kappa shape index (κ1) is 20.5. The average molecular weight is 389 g/mol. The number of nitrogens with one attached hydrogen (secondary N) is 1. The summed E-state index contributed by atoms with van der Waals surface area (Å²) in [5.41, 5.74) is -0.649. The lowest BCUT2D eigenvalue weighted by atomic mass is 10.1. The molecule has 0 bridgehead atoms. The topological polar surface area (TPSA) is 65.4 Å². The molecular weight excluding hydrogens is 370 g/mol. The quantitative estimate of drug-likeness (QED) is 0.670. The number of halogens is 4. The van der Waals surface area contributed by atoms with Crippen LogP contribution in [0, 0.1) is 0 Å². The molecule has 0 aliphatic heterocycles. The normalized spacial score (nSPS) is 11.1. The number of methoxy groups -OCH3 is 2. The number of amides is 1. The van der Waals surface area contributed by atoms with Crippen molar-refractivity contribution in [2.45, 2.75) is 25.8 Å². The third-order valence-electron chi connectivity index (χ3n) is 3.75. The van der Waals surface area contributed by atoms with Crippen LogP contribution >= 0.6 is 0 Å². The van der Waals surface area contributed by atoms with Gasteiger partial charge in [-0.15, -0.1) is 0 Å². The first-order chi connectivity index (χ1) is 12.8. The Morgan fingerprint density at radius 2 is 1.81 bits per heavy atom. The van der Waals surface area contributed by atoms with E-state index in [0.717, 1.165) is 5.56 Å². The summed E-state index contributed by atoms with van der Waals surface area (Å²) in [4.78, 5) is 11.9. The van der Waals surface area contributed by atoms with Crippen LogP contribution in [0.4, 0.5) is 17.6 Å². The number of carbonyl (C=O) groups excluding carboxylic acids is 1. The Morgan fingerprint density at radius 3 is 2.41 bits per heavy atom. The van der Waals surface area contributed by atoms with E-state index in [2.05, 4.69) is 10.4 Å². The summed E-state index contributed by atoms with van der Waals surface area (Å²) < 4.78 is 62.0. The number of aromatic nitrogens is 2. The molecule has 10 heteroatoms. The minimum Gasteiger partial charge on any atom is -0.493 e. The van der Waals surface area contributed by atoms with E-state index in [4.69, 9.17) is 9.47 Å². The minimum atomic E-state index is -3.01. The van der Waals surface area contributed by atoms with Gasteiger partial charge in [-0.3, -0.25) is 9.48 Å². The van der Waals surface area contributed by atoms with Gasteiger partial charge in [-0.05, 0) is 30.2 Å². The van der Waals surface area contributed by atoms with Crippen molar-refractivity contribution in [3.05, 3.63) is 41.2 Å². The molecule has 0 fully saturated rings. The summed E-state index contributed by atoms with van der Waals surface area (Å²) in [6, 6.07) is 5.87. The van der Waals surface area contributed by atoms with E-state index in [1.54, 1.807) is 18.2 Å². The van der Waals surface area contributed by atoms with Crippen molar-refractivity contribution in [1.29, 1.82) is 0 Å². The number of benzene rings is 1. The Kier molecular flexibility index (Phi) is 7.03. The molecule has 0 aliphatic carbocycles. The predicted molar refractivity (Wildman–Crippen MR) is 88.4 cm³/mol. The van der Waals surface area contributed by atoms with Gasteiger partial charge in [-0.1, -0.05) is 6.07 Å². The number of carbonyl (C=O) groups is 1. The van der Waals surface area contributed by atoms with Crippen molar-refractivity contribution < 1.29 is 31.8 Å². The summed E-state index contributed by atoms with van der Waals surface area (Å²) >= 11 is 0. The van der Waals surface area contributed by atoms with Gasteiger partial charge in [0.15, 0.2) is 11.5 Å². The highest BCUT2D eigenvalue weighted by Crippen LogP contribution is 2.27. The minimum absolute atomic E-state index is 0.224. The van der Waals surface area contributed by atoms with E-state index in [-0.39, 0.29) is 6.54 Å². The molecule has 2 aromatic rings. The van der Waals surface area contributed by atoms with Crippen molar-refractivity contribution in [2.24, 2.45) is 0 Å². The van der Waals surface area contributed by atoms with E-state index in [1.807, 2.05) is 0 Å². The maximum Gasteiger partial charge on any atom is 0.282 e. The van der Waals surface area contributed by atoms with E-state index in [9.17, 15) is 22.4 Å². The van der Waals surface area contributed by atoms with Crippen LogP contribution in [0.2, 0.25) is 0 Å². The number of ether oxygens (including phenoxy) is 2. The SMILES string of the molecule is COc1ccc(CCNC(=O)Cn2nc(C(F)F)cc2C(F)F)cc1OC. The van der Waals surface area contributed by atoms with E-state index >= 15 is 0 Å². The first-order valence-electron chi connectivity index (χ1n) is 7.97. The summed E-state index contributed by atoms with van der Waals surface area (Å²) in [5, 5.41) is 5.92. The fourth-order valence-electron chi connectivity index (χ4n) is 2.44. The van der Waals surface area contributed by atoms with Gasteiger partial charge in [-0.2, -0.15) is 5.10 Å². The Morgan fingerprint density at radius 1 is 1.11 bits per heavy atom. The van der Waals surface area contributed by atoms with Gasteiger partial charge in [0.05, 0.1) is 14.2 Å². The molecule has 1 amide bonds. The molecule has 0 spiro atoms. The lowest BCUT2D eigenvalue weighted by molar-refractivity contribution is -0.121. The van der Waals surface area contributed by atoms with Crippen LogP contribution in [0.3, 0.4) is 0 Å². The Labute approximate surface area is 153 Å². The zero-order valence-electron chi connectivity index (χ0n) is 14.7. The molecule has 6 nitrogen and oxygen atoms in total. The molecule has 0 radical (unpaired) electrons. The van der Waals surface area contributed by atoms with Gasteiger partial charge in [0.1, 0.15) is 17.9 Å². The van der Waals surface area contributed by atoms with Gasteiger partial charge >= 0.3 is 0 Å². The molecule has 1 heterocycles. The highest BCUT2D eigenvalue weighted by atomic mass is 19.3. The van der Waals surface area contributed by atoms with Crippen molar-refractivity contribution in [1.82, 2.24) is 15.1 Å². The second-order valence-electron chi connectivity index (χ2n) is 5.54. The lowest BCUT2D eigenvalue weighted by Gasteiger charge is -2.10. The predicted octanol–water partition coefficient (Wildman–Crippen LogP) is 3.13. The van der Waals surface area contributed by atoms with Gasteiger partial charge in [0.2, 0.25) is 5.91 Å². The van der Waals surface area contributed by atoms with Gasteiger partial charge in [0, 0.05) is 6.54 Å². The molecule has 1 N–H and O–H groups in total. The fraction of sp³-hybridized carbons (Fsp3) is 0.412. The maximum atomic E-state index is 12.9. The average Bonchev–Trinajstić information content (AvgIpc) is 3.05. The van der Waals surface area contributed by atoms with Crippen LogP contribution in [0.15, 0.2) is 24.3 Å². The molecule has 0 saturated heterocycles. The van der Waals surface area contributed by atoms with E-state index in [0.29, 0.717) is 28.7 Å². The van der Waals surface area contributed by atoms with Crippen LogP contribution in [-0.4, -0.2) is 36.5 Å². The Balaban J connectivity index is 1.93. The molecule has 0 saturated carbocycles. The summed E-state index contributed by atoms with van der Waals surface area (Å²) in [7, 11) is 3.02. The Hall–Kier alpha value is -2.78. The molecule has 148 valence electrons. The summed E-state index contributed by atoms with van der Waals surface area (Å²) in [5.74, 6) is 0.499. The largest absolute Gasteiger partial charge is 0.493 e. The molecule has 2 rings (SSSR count). The summed E-state index contributed by atoms with van der Waals surface area (Å²) in [6.45, 7) is -0.348. The zero-order chi connectivity index (χ0) is 20.0. The van der Waals surface area contributed by atoms with Crippen molar-refractivity contribution >= 4 is 5.91 Å². The number of alkyl halides is 4. The zero-order valence-corrected chi connectivity index (χ0v) is 14.7. The number of nitrogens with zero attached hydrogens (tertiary/aromatic N) is 2. The van der Waals surface area contributed by atoms with E-state index < -0.39 is 36.7 Å². The lowest BCUT2D eigenvalue weighted by Crippen LogP contribution is -2.30. The van der Waals surface area contributed by atoms with Gasteiger partial charge < -0.3 is 14.8 Å². The van der Waals surface area contributed by atoms with E-state index in [1.165, 1.54) is 14.2 Å². The molecule has 27 heavy (non-hydrogen) atoms. The standard InChI is InChI=1S/C17H19F4N3O3/c1-26-13-4-3-10(7-14(13)27-2)5-6-22-15(25)9-24-12(17(20)21)8-11(23-24)16(18)19/h3-4,7-8,16-17H,5-6,9H2,1-2H3,(H,22,25). The van der Waals surface area contributed by atoms with Crippen LogP contribution in [0.25, 0.3) is 0 Å². The van der Waals surface area contributed by atoms with Crippen molar-refractivity contribution in [3.63, 3.8) is 0 Å². The maximum absolute atomic E-state index is 12.9. The third-order valence-corrected chi connectivity index (χ3v) is 3.75. The van der Waals surface area contributed by atoms with Crippen molar-refractivity contribution in [3.8, 4) is 11.5 Å². The molecule has 1 aromatic carbocycles. The third kappa shape index (κ3) is 5.35. The molecule has 0 atom stereocenters. The molecule has 0 aliphatic rings. The van der Waals surface area contributed by atoms with Crippen LogP contribution < -0.4 is 14.8 Å². The highest BCUT2D eigenvalue weighted by molar-refractivity contribution is 5.75. The second-order valence-corrected chi connectivity index (χ2v) is 5.54. The van der Waals surface area contributed by atoms with Crippen LogP contribution in [0.5, 0.6) is 11.5 Å². The van der Waals surface area contributed by atoms with Crippen LogP contribution in [-0.2, 0) is 17.8 Å². The molecule has 1 aromatic heterocycles. The Bertz CT molecular complexity index is 781. The first-order valence-corrected chi connectivity index (χ1v) is 7.97.